The van der Waals surface area contributed by atoms with Gasteiger partial charge in [0.2, 0.25) is 0 Å². The van der Waals surface area contributed by atoms with Crippen LogP contribution < -0.4 is 21.5 Å². The van der Waals surface area contributed by atoms with Gasteiger partial charge in [-0.15, -0.1) is 0 Å². The Morgan fingerprint density at radius 1 is 1.14 bits per heavy atom. The molecule has 0 aliphatic carbocycles. The molecule has 106 valence electrons. The van der Waals surface area contributed by atoms with Crippen molar-refractivity contribution in [2.24, 2.45) is 0 Å². The number of aryl methyl sites for hydroxylation is 1. The van der Waals surface area contributed by atoms with E-state index in [0.717, 1.165) is 22.6 Å². The molecule has 6 heteroatoms. The number of imidazole rings is 1. The van der Waals surface area contributed by atoms with Crippen LogP contribution in [0.25, 0.3) is 11.3 Å². The zero-order valence-corrected chi connectivity index (χ0v) is 11.7. The minimum absolute atomic E-state index is 0.304. The number of rotatable bonds is 4. The number of nitrogens with one attached hydrogen (secondary N) is 3. The lowest BCUT2D eigenvalue weighted by atomic mass is 10.1. The Labute approximate surface area is 120 Å². The van der Waals surface area contributed by atoms with Gasteiger partial charge in [-0.2, -0.15) is 0 Å². The molecule has 0 bridgehead atoms. The fourth-order valence-electron chi connectivity index (χ4n) is 2.29. The first kappa shape index (κ1) is 13.1. The van der Waals surface area contributed by atoms with Crippen LogP contribution in [0.3, 0.4) is 0 Å². The smallest absolute Gasteiger partial charge is 0.253 e. The maximum atomic E-state index is 11.6. The van der Waals surface area contributed by atoms with Crippen LogP contribution in [0, 0.1) is 6.92 Å². The summed E-state index contributed by atoms with van der Waals surface area (Å²) >= 11 is 0. The van der Waals surface area contributed by atoms with Crippen molar-refractivity contribution < 1.29 is 0 Å². The molecule has 0 spiro atoms. The second-order valence-corrected chi connectivity index (χ2v) is 4.74. The molecule has 21 heavy (non-hydrogen) atoms. The van der Waals surface area contributed by atoms with E-state index in [1.54, 1.807) is 13.4 Å². The first-order valence-corrected chi connectivity index (χ1v) is 6.50. The number of hydrogen-bond acceptors (Lipinski definition) is 5. The van der Waals surface area contributed by atoms with Gasteiger partial charge in [0.05, 0.1) is 12.0 Å². The van der Waals surface area contributed by atoms with Crippen molar-refractivity contribution in [2.75, 3.05) is 17.7 Å². The molecular weight excluding hydrogens is 268 g/mol. The lowest BCUT2D eigenvalue weighted by molar-refractivity contribution is 1.25. The molecule has 0 atom stereocenters. The van der Waals surface area contributed by atoms with E-state index in [0.29, 0.717) is 11.4 Å². The van der Waals surface area contributed by atoms with E-state index in [4.69, 9.17) is 0 Å². The van der Waals surface area contributed by atoms with Gasteiger partial charge in [-0.05, 0) is 19.1 Å². The van der Waals surface area contributed by atoms with Crippen molar-refractivity contribution in [3.63, 3.8) is 0 Å². The summed E-state index contributed by atoms with van der Waals surface area (Å²) in [5.41, 5.74) is 3.14. The van der Waals surface area contributed by atoms with Crippen LogP contribution >= 0.6 is 0 Å². The fraction of sp³-hybridized carbons (Fsp3) is 0.133. The van der Waals surface area contributed by atoms with E-state index >= 15 is 0 Å². The Morgan fingerprint density at radius 3 is 2.57 bits per heavy atom. The monoisotopic (exact) mass is 282 g/mol. The zero-order chi connectivity index (χ0) is 15.0. The zero-order valence-electron chi connectivity index (χ0n) is 11.7. The van der Waals surface area contributed by atoms with E-state index in [1.807, 2.05) is 31.2 Å². The van der Waals surface area contributed by atoms with Gasteiger partial charge >= 0.3 is 0 Å². The molecule has 0 fully saturated rings. The minimum Gasteiger partial charge on any atom is -0.383 e. The second-order valence-electron chi connectivity index (χ2n) is 4.74. The normalized spacial score (nSPS) is 10.8. The van der Waals surface area contributed by atoms with Crippen LogP contribution in [0.5, 0.6) is 0 Å². The molecule has 6 nitrogen and oxygen atoms in total. The molecule has 1 heterocycles. The first-order valence-electron chi connectivity index (χ1n) is 6.50. The van der Waals surface area contributed by atoms with Crippen LogP contribution in [0.2, 0.25) is 0 Å². The molecule has 2 aromatic carbocycles. The van der Waals surface area contributed by atoms with Gasteiger partial charge in [0.25, 0.3) is 10.9 Å². The van der Waals surface area contributed by atoms with Crippen molar-refractivity contribution >= 4 is 17.1 Å². The molecule has 0 saturated carbocycles. The molecule has 0 saturated heterocycles. The third-order valence-corrected chi connectivity index (χ3v) is 3.40. The van der Waals surface area contributed by atoms with E-state index in [2.05, 4.69) is 20.6 Å². The van der Waals surface area contributed by atoms with Crippen molar-refractivity contribution in [2.45, 2.75) is 6.92 Å². The average molecular weight is 282 g/mol. The third kappa shape index (κ3) is 2.10. The highest BCUT2D eigenvalue weighted by Crippen LogP contribution is 2.26. The minimum atomic E-state index is -0.499. The highest BCUT2D eigenvalue weighted by molar-refractivity contribution is 5.80. The van der Waals surface area contributed by atoms with Gasteiger partial charge < -0.3 is 15.6 Å². The molecule has 0 amide bonds. The van der Waals surface area contributed by atoms with E-state index < -0.39 is 10.9 Å². The summed E-state index contributed by atoms with van der Waals surface area (Å²) in [4.78, 5) is 30.2. The second kappa shape index (κ2) is 4.90. The molecule has 0 aliphatic rings. The number of H-pyrrole nitrogens is 1. The third-order valence-electron chi connectivity index (χ3n) is 3.40. The number of aromatic nitrogens is 2. The topological polar surface area (TPSA) is 86.9 Å². The Hall–Kier alpha value is -2.89. The molecule has 1 aromatic heterocycles. The molecule has 3 rings (SSSR count). The molecule has 3 aromatic rings. The summed E-state index contributed by atoms with van der Waals surface area (Å²) in [7, 11) is 1.62. The van der Waals surface area contributed by atoms with Gasteiger partial charge in [0, 0.05) is 24.0 Å². The average Bonchev–Trinajstić information content (AvgIpc) is 2.93. The first-order chi connectivity index (χ1) is 10.1. The van der Waals surface area contributed by atoms with Gasteiger partial charge in [-0.1, -0.05) is 12.1 Å². The molecular formula is C15H14N4O2. The van der Waals surface area contributed by atoms with Crippen molar-refractivity contribution in [1.29, 1.82) is 0 Å². The molecule has 0 unspecified atom stereocenters. The summed E-state index contributed by atoms with van der Waals surface area (Å²) in [6, 6.07) is 7.53. The Balaban J connectivity index is 1.94. The lowest BCUT2D eigenvalue weighted by Gasteiger charge is -2.13. The Morgan fingerprint density at radius 2 is 1.90 bits per heavy atom. The standard InChI is InChI=1S/C15H14N4O2/c1-8-11(18-7-17-8)9-4-3-5-10(6-9)19-13-12(16-2)14(20)15(13)21/h3-7,16,19H,1-2H3,(H,17,18). The Bertz CT molecular complexity index is 872. The number of benzene rings is 1. The van der Waals surface area contributed by atoms with Crippen molar-refractivity contribution in [3.05, 3.63) is 56.7 Å². The predicted octanol–water partition coefficient (Wildman–Crippen LogP) is 1.77. The van der Waals surface area contributed by atoms with Crippen LogP contribution in [-0.4, -0.2) is 17.0 Å². The van der Waals surface area contributed by atoms with Gasteiger partial charge in [-0.25, -0.2) is 4.98 Å². The number of nitrogens with zero attached hydrogens (tertiary/aromatic N) is 1. The summed E-state index contributed by atoms with van der Waals surface area (Å²) in [5.74, 6) is 0. The number of hydrogen-bond donors (Lipinski definition) is 3. The van der Waals surface area contributed by atoms with Crippen LogP contribution in [0.4, 0.5) is 17.1 Å². The highest BCUT2D eigenvalue weighted by atomic mass is 16.2. The summed E-state index contributed by atoms with van der Waals surface area (Å²) < 4.78 is 0. The maximum absolute atomic E-state index is 11.6. The van der Waals surface area contributed by atoms with E-state index in [9.17, 15) is 9.59 Å². The largest absolute Gasteiger partial charge is 0.383 e. The van der Waals surface area contributed by atoms with Crippen molar-refractivity contribution in [3.8, 4) is 11.3 Å². The van der Waals surface area contributed by atoms with E-state index in [-0.39, 0.29) is 0 Å². The molecule has 0 aliphatic heterocycles. The van der Waals surface area contributed by atoms with Gasteiger partial charge in [0.1, 0.15) is 11.4 Å². The van der Waals surface area contributed by atoms with Crippen LogP contribution in [-0.2, 0) is 0 Å². The van der Waals surface area contributed by atoms with Crippen LogP contribution in [0.15, 0.2) is 40.2 Å². The van der Waals surface area contributed by atoms with Crippen molar-refractivity contribution in [1.82, 2.24) is 9.97 Å². The van der Waals surface area contributed by atoms with E-state index in [1.165, 1.54) is 0 Å². The quantitative estimate of drug-likeness (QED) is 0.635. The lowest BCUT2D eigenvalue weighted by Crippen LogP contribution is -2.35. The summed E-state index contributed by atoms with van der Waals surface area (Å²) in [5, 5.41) is 5.72. The van der Waals surface area contributed by atoms with Gasteiger partial charge in [-0.3, -0.25) is 9.59 Å². The number of anilines is 3. The molecule has 3 N–H and O–H groups in total. The predicted molar refractivity (Wildman–Crippen MR) is 82.9 cm³/mol. The highest BCUT2D eigenvalue weighted by Gasteiger charge is 2.19. The van der Waals surface area contributed by atoms with Crippen LogP contribution in [0.1, 0.15) is 5.69 Å². The SMILES string of the molecule is CNc1c(Nc2cccc(-c3nc[nH]c3C)c2)c(=O)c1=O. The number of aromatic amines is 1. The molecule has 0 radical (unpaired) electrons. The maximum Gasteiger partial charge on any atom is 0.253 e. The Kier molecular flexibility index (Phi) is 3.06. The summed E-state index contributed by atoms with van der Waals surface area (Å²) in [6.45, 7) is 1.94. The van der Waals surface area contributed by atoms with Gasteiger partial charge in [0.15, 0.2) is 0 Å². The summed E-state index contributed by atoms with van der Waals surface area (Å²) in [6.07, 6.45) is 1.64. The fourth-order valence-corrected chi connectivity index (χ4v) is 2.29.